The van der Waals surface area contributed by atoms with Crippen LogP contribution in [0.15, 0.2) is 35.7 Å². The number of hydrogen-bond acceptors (Lipinski definition) is 7. The van der Waals surface area contributed by atoms with Gasteiger partial charge in [-0.1, -0.05) is 6.07 Å². The molecule has 0 spiro atoms. The second kappa shape index (κ2) is 9.01. The maximum absolute atomic E-state index is 12.7. The molecule has 2 amide bonds. The molecule has 2 heterocycles. The van der Waals surface area contributed by atoms with E-state index in [1.807, 2.05) is 16.3 Å². The van der Waals surface area contributed by atoms with Gasteiger partial charge in [0, 0.05) is 26.2 Å². The van der Waals surface area contributed by atoms with Crippen LogP contribution < -0.4 is 10.1 Å². The van der Waals surface area contributed by atoms with Crippen LogP contribution >= 0.6 is 11.3 Å². The molecule has 0 unspecified atom stereocenters. The van der Waals surface area contributed by atoms with E-state index in [4.69, 9.17) is 4.74 Å². The average molecular weight is 418 g/mol. The molecule has 1 atom stereocenters. The summed E-state index contributed by atoms with van der Waals surface area (Å²) in [6.07, 6.45) is 0. The van der Waals surface area contributed by atoms with E-state index in [1.54, 1.807) is 24.0 Å². The monoisotopic (exact) mass is 418 g/mol. The molecule has 1 aliphatic heterocycles. The average Bonchev–Trinajstić information content (AvgIpc) is 3.27. The van der Waals surface area contributed by atoms with E-state index in [-0.39, 0.29) is 23.2 Å². The molecule has 3 rings (SSSR count). The van der Waals surface area contributed by atoms with Gasteiger partial charge in [0.05, 0.1) is 29.0 Å². The molecule has 0 bridgehead atoms. The lowest BCUT2D eigenvalue weighted by molar-refractivity contribution is -0.384. The number of benzene rings is 1. The number of carbonyl (C=O) groups is 2. The molecule has 1 aromatic carbocycles. The van der Waals surface area contributed by atoms with Gasteiger partial charge in [-0.25, -0.2) is 0 Å². The first-order valence-corrected chi connectivity index (χ1v) is 9.98. The third kappa shape index (κ3) is 4.72. The molecule has 1 aliphatic rings. The molecule has 1 fully saturated rings. The first-order valence-electron chi connectivity index (χ1n) is 9.11. The lowest BCUT2D eigenvalue weighted by Crippen LogP contribution is -2.54. The molecule has 1 N–H and O–H groups in total. The van der Waals surface area contributed by atoms with E-state index >= 15 is 0 Å². The Kier molecular flexibility index (Phi) is 6.45. The second-order valence-electron chi connectivity index (χ2n) is 6.61. The maximum Gasteiger partial charge on any atom is 0.296 e. The highest BCUT2D eigenvalue weighted by molar-refractivity contribution is 7.12. The number of amides is 2. The predicted molar refractivity (Wildman–Crippen MR) is 110 cm³/mol. The van der Waals surface area contributed by atoms with Crippen LogP contribution in [-0.2, 0) is 4.79 Å². The van der Waals surface area contributed by atoms with Crippen molar-refractivity contribution < 1.29 is 19.2 Å². The number of rotatable bonds is 6. The van der Waals surface area contributed by atoms with Gasteiger partial charge in [0.1, 0.15) is 11.4 Å². The van der Waals surface area contributed by atoms with Crippen LogP contribution in [0.2, 0.25) is 0 Å². The lowest BCUT2D eigenvalue weighted by Gasteiger charge is -2.37. The fourth-order valence-corrected chi connectivity index (χ4v) is 3.86. The number of thiophene rings is 1. The Morgan fingerprint density at radius 3 is 2.55 bits per heavy atom. The molecule has 0 radical (unpaired) electrons. The van der Waals surface area contributed by atoms with Crippen LogP contribution in [-0.4, -0.2) is 65.9 Å². The molecular formula is C19H22N4O5S. The SMILES string of the molecule is COc1ccc(NC(=O)[C@@H](C)N2CCN(C(=O)c3cccs3)CC2)c([N+](=O)[O-])c1. The van der Waals surface area contributed by atoms with Gasteiger partial charge in [0.2, 0.25) is 5.91 Å². The fraction of sp³-hybridized carbons (Fsp3) is 0.368. The molecule has 1 aromatic heterocycles. The van der Waals surface area contributed by atoms with Gasteiger partial charge in [-0.3, -0.25) is 24.6 Å². The summed E-state index contributed by atoms with van der Waals surface area (Å²) in [4.78, 5) is 40.3. The zero-order chi connectivity index (χ0) is 21.0. The maximum atomic E-state index is 12.7. The highest BCUT2D eigenvalue weighted by Gasteiger charge is 2.29. The molecule has 0 saturated carbocycles. The van der Waals surface area contributed by atoms with Crippen LogP contribution in [0.25, 0.3) is 0 Å². The van der Waals surface area contributed by atoms with Gasteiger partial charge >= 0.3 is 0 Å². The topological polar surface area (TPSA) is 105 Å². The van der Waals surface area contributed by atoms with Crippen molar-refractivity contribution in [1.29, 1.82) is 0 Å². The van der Waals surface area contributed by atoms with Crippen molar-refractivity contribution in [3.8, 4) is 5.75 Å². The van der Waals surface area contributed by atoms with Crippen LogP contribution in [0.3, 0.4) is 0 Å². The molecule has 2 aromatic rings. The summed E-state index contributed by atoms with van der Waals surface area (Å²) in [5.41, 5.74) is -0.101. The Bertz CT molecular complexity index is 894. The minimum absolute atomic E-state index is 0.00520. The Balaban J connectivity index is 1.60. The molecule has 154 valence electrons. The summed E-state index contributed by atoms with van der Waals surface area (Å²) in [6.45, 7) is 3.91. The first-order chi connectivity index (χ1) is 13.9. The van der Waals surface area contributed by atoms with Crippen molar-refractivity contribution in [3.05, 3.63) is 50.7 Å². The minimum atomic E-state index is -0.558. The van der Waals surface area contributed by atoms with Crippen molar-refractivity contribution in [1.82, 2.24) is 9.80 Å². The summed E-state index contributed by atoms with van der Waals surface area (Å²) < 4.78 is 5.01. The van der Waals surface area contributed by atoms with Crippen molar-refractivity contribution in [2.45, 2.75) is 13.0 Å². The van der Waals surface area contributed by atoms with Crippen molar-refractivity contribution in [2.75, 3.05) is 38.6 Å². The van der Waals surface area contributed by atoms with Gasteiger partial charge in [0.25, 0.3) is 11.6 Å². The molecule has 1 saturated heterocycles. The Hall–Kier alpha value is -2.98. The summed E-state index contributed by atoms with van der Waals surface area (Å²) in [7, 11) is 1.42. The van der Waals surface area contributed by atoms with Crippen molar-refractivity contribution in [3.63, 3.8) is 0 Å². The van der Waals surface area contributed by atoms with Crippen molar-refractivity contribution in [2.24, 2.45) is 0 Å². The van der Waals surface area contributed by atoms with E-state index in [9.17, 15) is 19.7 Å². The van der Waals surface area contributed by atoms with Gasteiger partial charge in [-0.2, -0.15) is 0 Å². The van der Waals surface area contributed by atoms with E-state index in [0.29, 0.717) is 36.8 Å². The second-order valence-corrected chi connectivity index (χ2v) is 7.56. The van der Waals surface area contributed by atoms with E-state index in [0.717, 1.165) is 0 Å². The van der Waals surface area contributed by atoms with Gasteiger partial charge < -0.3 is 15.0 Å². The fourth-order valence-electron chi connectivity index (χ4n) is 3.17. The number of methoxy groups -OCH3 is 1. The number of nitrogens with zero attached hydrogens (tertiary/aromatic N) is 3. The molecule has 29 heavy (non-hydrogen) atoms. The first kappa shape index (κ1) is 20.7. The Morgan fingerprint density at radius 1 is 1.24 bits per heavy atom. The van der Waals surface area contributed by atoms with E-state index in [2.05, 4.69) is 5.32 Å². The van der Waals surface area contributed by atoms with E-state index < -0.39 is 11.0 Å². The van der Waals surface area contributed by atoms with Crippen LogP contribution in [0.5, 0.6) is 5.75 Å². The number of nitrogens with one attached hydrogen (secondary N) is 1. The zero-order valence-electron chi connectivity index (χ0n) is 16.2. The van der Waals surface area contributed by atoms with Gasteiger partial charge in [-0.05, 0) is 30.5 Å². The van der Waals surface area contributed by atoms with Crippen LogP contribution in [0.4, 0.5) is 11.4 Å². The summed E-state index contributed by atoms with van der Waals surface area (Å²) >= 11 is 1.41. The van der Waals surface area contributed by atoms with Crippen molar-refractivity contribution >= 4 is 34.5 Å². The third-order valence-corrected chi connectivity index (χ3v) is 5.78. The molecule has 9 nitrogen and oxygen atoms in total. The minimum Gasteiger partial charge on any atom is -0.496 e. The quantitative estimate of drug-likeness (QED) is 0.571. The summed E-state index contributed by atoms with van der Waals surface area (Å²) in [5.74, 6) is 0.0104. The zero-order valence-corrected chi connectivity index (χ0v) is 17.0. The largest absolute Gasteiger partial charge is 0.496 e. The molecule has 10 heteroatoms. The predicted octanol–water partition coefficient (Wildman–Crippen LogP) is 2.45. The number of ether oxygens (including phenoxy) is 1. The third-order valence-electron chi connectivity index (χ3n) is 4.92. The number of hydrogen-bond donors (Lipinski definition) is 1. The van der Waals surface area contributed by atoms with Gasteiger partial charge in [-0.15, -0.1) is 11.3 Å². The summed E-state index contributed by atoms with van der Waals surface area (Å²) in [5, 5.41) is 15.8. The van der Waals surface area contributed by atoms with E-state index in [1.165, 1.54) is 30.6 Å². The normalized spacial score (nSPS) is 15.6. The Labute approximate surface area is 172 Å². The highest BCUT2D eigenvalue weighted by atomic mass is 32.1. The smallest absolute Gasteiger partial charge is 0.296 e. The van der Waals surface area contributed by atoms with Crippen LogP contribution in [0, 0.1) is 10.1 Å². The van der Waals surface area contributed by atoms with Gasteiger partial charge in [0.15, 0.2) is 0 Å². The Morgan fingerprint density at radius 2 is 1.97 bits per heavy atom. The standard InChI is InChI=1S/C19H22N4O5S/c1-13(18(24)20-15-6-5-14(28-2)12-16(15)23(26)27)21-7-9-22(10-8-21)19(25)17-4-3-11-29-17/h3-6,11-13H,7-10H2,1-2H3,(H,20,24)/t13-/m1/s1. The highest BCUT2D eigenvalue weighted by Crippen LogP contribution is 2.29. The lowest BCUT2D eigenvalue weighted by atomic mass is 10.2. The van der Waals surface area contributed by atoms with Crippen LogP contribution in [0.1, 0.15) is 16.6 Å². The number of carbonyl (C=O) groups excluding carboxylic acids is 2. The summed E-state index contributed by atoms with van der Waals surface area (Å²) in [6, 6.07) is 7.45. The number of nitro groups is 1. The number of nitro benzene ring substituents is 1. The number of anilines is 1. The number of piperazine rings is 1. The molecule has 0 aliphatic carbocycles. The molecular weight excluding hydrogens is 396 g/mol.